The molecule has 150 valence electrons. The fourth-order valence-electron chi connectivity index (χ4n) is 2.77. The van der Waals surface area contributed by atoms with E-state index in [0.29, 0.717) is 22.9 Å². The average Bonchev–Trinajstić information content (AvgIpc) is 3.03. The summed E-state index contributed by atoms with van der Waals surface area (Å²) in [5.41, 5.74) is 1.81. The van der Waals surface area contributed by atoms with Gasteiger partial charge in [0.05, 0.1) is 18.7 Å². The molecule has 0 saturated heterocycles. The van der Waals surface area contributed by atoms with Gasteiger partial charge in [-0.15, -0.1) is 5.10 Å². The molecule has 0 aliphatic rings. The average molecular weight is 387 g/mol. The summed E-state index contributed by atoms with van der Waals surface area (Å²) < 4.78 is 1.55. The van der Waals surface area contributed by atoms with Crippen LogP contribution < -0.4 is 10.6 Å². The fourth-order valence-corrected chi connectivity index (χ4v) is 2.77. The largest absolute Gasteiger partial charge is 0.504 e. The predicted molar refractivity (Wildman–Crippen MR) is 105 cm³/mol. The van der Waals surface area contributed by atoms with Crippen molar-refractivity contribution in [2.75, 3.05) is 17.2 Å². The normalized spacial score (nSPS) is 13.6. The van der Waals surface area contributed by atoms with Gasteiger partial charge in [0.2, 0.25) is 5.95 Å². The zero-order valence-electron chi connectivity index (χ0n) is 16.2. The van der Waals surface area contributed by atoms with E-state index in [0.717, 1.165) is 5.56 Å². The number of aromatic hydroxyl groups is 2. The Hall–Kier alpha value is -3.14. The molecule has 0 aliphatic carbocycles. The number of hydrogen-bond donors (Lipinski definition) is 5. The highest BCUT2D eigenvalue weighted by atomic mass is 16.3. The predicted octanol–water partition coefficient (Wildman–Crippen LogP) is 1.77. The van der Waals surface area contributed by atoms with Crippen molar-refractivity contribution < 1.29 is 15.3 Å². The van der Waals surface area contributed by atoms with Crippen LogP contribution in [0.25, 0.3) is 11.2 Å². The van der Waals surface area contributed by atoms with Gasteiger partial charge in [-0.25, -0.2) is 4.68 Å². The summed E-state index contributed by atoms with van der Waals surface area (Å²) in [6.07, 6.45) is 0. The van der Waals surface area contributed by atoms with Crippen LogP contribution in [0.5, 0.6) is 11.5 Å². The van der Waals surface area contributed by atoms with Crippen LogP contribution in [0.1, 0.15) is 32.4 Å². The summed E-state index contributed by atoms with van der Waals surface area (Å²) >= 11 is 0. The second-order valence-electron chi connectivity index (χ2n) is 7.07. The Kier molecular flexibility index (Phi) is 5.50. The first-order chi connectivity index (χ1) is 13.3. The number of benzene rings is 1. The number of hydrogen-bond acceptors (Lipinski definition) is 9. The van der Waals surface area contributed by atoms with E-state index in [2.05, 4.69) is 30.9 Å². The molecule has 5 N–H and O–H groups in total. The van der Waals surface area contributed by atoms with E-state index in [1.807, 2.05) is 20.8 Å². The van der Waals surface area contributed by atoms with E-state index >= 15 is 0 Å². The maximum Gasteiger partial charge on any atom is 0.227 e. The van der Waals surface area contributed by atoms with E-state index in [4.69, 9.17) is 0 Å². The smallest absolute Gasteiger partial charge is 0.227 e. The number of phenolic OH excluding ortho intramolecular Hbond substituents is 2. The molecule has 1 aromatic carbocycles. The van der Waals surface area contributed by atoms with Crippen LogP contribution in [0, 0.1) is 5.92 Å². The molecule has 2 aromatic heterocycles. The third-order valence-corrected chi connectivity index (χ3v) is 4.62. The van der Waals surface area contributed by atoms with Gasteiger partial charge in [0.15, 0.2) is 28.5 Å². The number of phenols is 2. The Morgan fingerprint density at radius 2 is 1.82 bits per heavy atom. The number of rotatable bonds is 7. The molecule has 0 fully saturated rings. The van der Waals surface area contributed by atoms with Gasteiger partial charge in [-0.2, -0.15) is 9.97 Å². The molecule has 3 aromatic rings. The molecule has 10 nitrogen and oxygen atoms in total. The lowest BCUT2D eigenvalue weighted by molar-refractivity contribution is 0.248. The molecular weight excluding hydrogens is 362 g/mol. The molecule has 3 rings (SSSR count). The van der Waals surface area contributed by atoms with Crippen molar-refractivity contribution in [2.45, 2.75) is 32.9 Å². The van der Waals surface area contributed by atoms with Crippen molar-refractivity contribution in [2.24, 2.45) is 13.0 Å². The lowest BCUT2D eigenvalue weighted by atomic mass is 10.1. The van der Waals surface area contributed by atoms with Crippen LogP contribution in [0.15, 0.2) is 18.2 Å². The first kappa shape index (κ1) is 19.6. The second kappa shape index (κ2) is 7.85. The highest BCUT2D eigenvalue weighted by Gasteiger charge is 2.19. The number of aliphatic hydroxyl groups excluding tert-OH is 1. The minimum Gasteiger partial charge on any atom is -0.504 e. The summed E-state index contributed by atoms with van der Waals surface area (Å²) in [6.45, 7) is 5.84. The van der Waals surface area contributed by atoms with Crippen LogP contribution in [0.4, 0.5) is 11.8 Å². The van der Waals surface area contributed by atoms with Crippen LogP contribution in [-0.4, -0.2) is 52.9 Å². The Morgan fingerprint density at radius 1 is 1.07 bits per heavy atom. The molecule has 2 atom stereocenters. The maximum atomic E-state index is 9.75. The van der Waals surface area contributed by atoms with E-state index in [1.54, 1.807) is 17.8 Å². The van der Waals surface area contributed by atoms with Gasteiger partial charge in [0.25, 0.3) is 0 Å². The lowest BCUT2D eigenvalue weighted by Crippen LogP contribution is -2.30. The molecule has 0 amide bonds. The molecule has 0 spiro atoms. The molecule has 0 saturated carbocycles. The standard InChI is InChI=1S/C18H25N7O3/c1-9(2)12(8-26)20-18-21-16(15-17(22-18)25(4)24-23-15)19-10(3)11-5-6-13(27)14(28)7-11/h5-7,9-10,12,26-28H,8H2,1-4H3,(H2,19,20,21,22). The van der Waals surface area contributed by atoms with Gasteiger partial charge in [0, 0.05) is 7.05 Å². The summed E-state index contributed by atoms with van der Waals surface area (Å²) in [5, 5.41) is 43.4. The van der Waals surface area contributed by atoms with Crippen molar-refractivity contribution >= 4 is 22.9 Å². The number of aromatic nitrogens is 5. The molecule has 10 heteroatoms. The van der Waals surface area contributed by atoms with Gasteiger partial charge in [-0.05, 0) is 30.5 Å². The summed E-state index contributed by atoms with van der Waals surface area (Å²) in [6, 6.07) is 4.20. The highest BCUT2D eigenvalue weighted by molar-refractivity contribution is 5.83. The lowest BCUT2D eigenvalue weighted by Gasteiger charge is -2.21. The number of anilines is 2. The Balaban J connectivity index is 1.95. The number of nitrogens with zero attached hydrogens (tertiary/aromatic N) is 5. The number of aryl methyl sites for hydroxylation is 1. The topological polar surface area (TPSA) is 141 Å². The van der Waals surface area contributed by atoms with Crippen molar-refractivity contribution in [3.8, 4) is 11.5 Å². The fraction of sp³-hybridized carbons (Fsp3) is 0.444. The van der Waals surface area contributed by atoms with Gasteiger partial charge < -0.3 is 26.0 Å². The molecule has 0 bridgehead atoms. The summed E-state index contributed by atoms with van der Waals surface area (Å²) in [4.78, 5) is 8.98. The summed E-state index contributed by atoms with van der Waals surface area (Å²) in [7, 11) is 1.74. The highest BCUT2D eigenvalue weighted by Crippen LogP contribution is 2.30. The molecule has 2 unspecified atom stereocenters. The third kappa shape index (κ3) is 3.91. The molecule has 0 radical (unpaired) electrons. The number of aliphatic hydroxyl groups is 1. The van der Waals surface area contributed by atoms with Crippen LogP contribution in [0.2, 0.25) is 0 Å². The minimum atomic E-state index is -0.238. The molecule has 2 heterocycles. The van der Waals surface area contributed by atoms with Crippen molar-refractivity contribution in [1.29, 1.82) is 0 Å². The van der Waals surface area contributed by atoms with Crippen LogP contribution >= 0.6 is 0 Å². The Labute approximate surface area is 162 Å². The van der Waals surface area contributed by atoms with Gasteiger partial charge in [-0.1, -0.05) is 25.1 Å². The van der Waals surface area contributed by atoms with Gasteiger partial charge in [-0.3, -0.25) is 0 Å². The second-order valence-corrected chi connectivity index (χ2v) is 7.07. The van der Waals surface area contributed by atoms with E-state index in [9.17, 15) is 15.3 Å². The molecular formula is C18H25N7O3. The quantitative estimate of drug-likeness (QED) is 0.383. The van der Waals surface area contributed by atoms with Crippen molar-refractivity contribution in [1.82, 2.24) is 25.0 Å². The Bertz CT molecular complexity index is 973. The Morgan fingerprint density at radius 3 is 2.46 bits per heavy atom. The third-order valence-electron chi connectivity index (χ3n) is 4.62. The molecule has 0 aliphatic heterocycles. The van der Waals surface area contributed by atoms with Crippen LogP contribution in [0.3, 0.4) is 0 Å². The first-order valence-electron chi connectivity index (χ1n) is 9.03. The van der Waals surface area contributed by atoms with Crippen molar-refractivity contribution in [3.63, 3.8) is 0 Å². The van der Waals surface area contributed by atoms with E-state index in [1.165, 1.54) is 12.1 Å². The van der Waals surface area contributed by atoms with E-state index < -0.39 is 0 Å². The summed E-state index contributed by atoms with van der Waals surface area (Å²) in [5.74, 6) is 0.646. The number of nitrogens with one attached hydrogen (secondary N) is 2. The van der Waals surface area contributed by atoms with Gasteiger partial charge >= 0.3 is 0 Å². The molecule has 28 heavy (non-hydrogen) atoms. The van der Waals surface area contributed by atoms with Crippen LogP contribution in [-0.2, 0) is 7.05 Å². The number of fused-ring (bicyclic) bond motifs is 1. The SMILES string of the molecule is CC(Nc1nc(NC(CO)C(C)C)nc2c1nnn2C)c1ccc(O)c(O)c1. The maximum absolute atomic E-state index is 9.75. The minimum absolute atomic E-state index is 0.0470. The monoisotopic (exact) mass is 387 g/mol. The van der Waals surface area contributed by atoms with Gasteiger partial charge in [0.1, 0.15) is 0 Å². The van der Waals surface area contributed by atoms with Crippen molar-refractivity contribution in [3.05, 3.63) is 23.8 Å². The first-order valence-corrected chi connectivity index (χ1v) is 9.03. The zero-order chi connectivity index (χ0) is 20.4. The van der Waals surface area contributed by atoms with E-state index in [-0.39, 0.29) is 36.1 Å². The zero-order valence-corrected chi connectivity index (χ0v) is 16.2.